The molecule has 1 heterocycles. The summed E-state index contributed by atoms with van der Waals surface area (Å²) in [5.74, 6) is 0. The molecule has 0 amide bonds. The fourth-order valence-electron chi connectivity index (χ4n) is 0.747. The zero-order valence-corrected chi connectivity index (χ0v) is 5.99. The first-order chi connectivity index (χ1) is 4.34. The molecule has 50 valence electrons. The van der Waals surface area contributed by atoms with Crippen molar-refractivity contribution in [2.75, 3.05) is 19.7 Å². The summed E-state index contributed by atoms with van der Waals surface area (Å²) in [5.41, 5.74) is 0. The van der Waals surface area contributed by atoms with Crippen molar-refractivity contribution < 1.29 is 4.74 Å². The van der Waals surface area contributed by atoms with Crippen LogP contribution in [0, 0.1) is 0 Å². The van der Waals surface area contributed by atoms with Crippen LogP contribution >= 0.6 is 12.2 Å². The molecule has 1 rings (SSSR count). The lowest BCUT2D eigenvalue weighted by molar-refractivity contribution is 0.360. The highest BCUT2D eigenvalue weighted by Gasteiger charge is 2.15. The highest BCUT2D eigenvalue weighted by atomic mass is 32.1. The molecule has 0 aromatic heterocycles. The Hall–Kier alpha value is -0.570. The van der Waals surface area contributed by atoms with E-state index in [0.717, 1.165) is 19.7 Å². The Balaban J connectivity index is 2.39. The van der Waals surface area contributed by atoms with Crippen molar-refractivity contribution in [1.29, 1.82) is 0 Å². The van der Waals surface area contributed by atoms with Gasteiger partial charge in [-0.1, -0.05) is 6.08 Å². The van der Waals surface area contributed by atoms with E-state index in [0.29, 0.717) is 5.17 Å². The normalized spacial score (nSPS) is 17.8. The van der Waals surface area contributed by atoms with Crippen LogP contribution < -0.4 is 0 Å². The molecule has 1 fully saturated rings. The summed E-state index contributed by atoms with van der Waals surface area (Å²) in [6.45, 7) is 6.04. The Morgan fingerprint density at radius 1 is 1.89 bits per heavy atom. The van der Waals surface area contributed by atoms with E-state index < -0.39 is 0 Å². The third-order valence-electron chi connectivity index (χ3n) is 1.19. The fraction of sp³-hybridized carbons (Fsp3) is 0.500. The van der Waals surface area contributed by atoms with Gasteiger partial charge in [0, 0.05) is 6.54 Å². The highest BCUT2D eigenvalue weighted by Crippen LogP contribution is 2.01. The van der Waals surface area contributed by atoms with Gasteiger partial charge in [-0.05, 0) is 12.2 Å². The van der Waals surface area contributed by atoms with Crippen molar-refractivity contribution >= 4 is 17.4 Å². The maximum Gasteiger partial charge on any atom is 0.259 e. The Kier molecular flexibility index (Phi) is 2.05. The molecule has 3 heteroatoms. The van der Waals surface area contributed by atoms with E-state index in [1.54, 1.807) is 0 Å². The number of thiocarbonyl (C=S) groups is 1. The monoisotopic (exact) mass is 143 g/mol. The fourth-order valence-corrected chi connectivity index (χ4v) is 0.997. The summed E-state index contributed by atoms with van der Waals surface area (Å²) in [5, 5.41) is 0.606. The Morgan fingerprint density at radius 2 is 2.67 bits per heavy atom. The van der Waals surface area contributed by atoms with Crippen LogP contribution in [0.4, 0.5) is 0 Å². The molecule has 0 unspecified atom stereocenters. The second kappa shape index (κ2) is 2.82. The average Bonchev–Trinajstić information content (AvgIpc) is 2.18. The maximum atomic E-state index is 5.03. The van der Waals surface area contributed by atoms with Crippen molar-refractivity contribution in [1.82, 2.24) is 4.90 Å². The van der Waals surface area contributed by atoms with Crippen LogP contribution in [0.5, 0.6) is 0 Å². The van der Waals surface area contributed by atoms with Crippen LogP contribution in [-0.4, -0.2) is 29.8 Å². The SMILES string of the molecule is C=CCN1CCOC1=S. The van der Waals surface area contributed by atoms with Crippen molar-refractivity contribution in [2.24, 2.45) is 0 Å². The molecule has 0 aromatic rings. The van der Waals surface area contributed by atoms with Gasteiger partial charge >= 0.3 is 0 Å². The van der Waals surface area contributed by atoms with Crippen molar-refractivity contribution in [2.45, 2.75) is 0 Å². The molecule has 2 nitrogen and oxygen atoms in total. The average molecular weight is 143 g/mol. The van der Waals surface area contributed by atoms with Gasteiger partial charge in [-0.15, -0.1) is 6.58 Å². The first-order valence-corrected chi connectivity index (χ1v) is 3.28. The molecule has 1 saturated heterocycles. The van der Waals surface area contributed by atoms with Gasteiger partial charge < -0.3 is 9.64 Å². The van der Waals surface area contributed by atoms with Crippen LogP contribution in [0.25, 0.3) is 0 Å². The van der Waals surface area contributed by atoms with E-state index in [-0.39, 0.29) is 0 Å². The van der Waals surface area contributed by atoms with Crippen LogP contribution in [0.1, 0.15) is 0 Å². The molecular formula is C6H9NOS. The van der Waals surface area contributed by atoms with E-state index >= 15 is 0 Å². The Labute approximate surface area is 60.1 Å². The molecule has 0 N–H and O–H groups in total. The quantitative estimate of drug-likeness (QED) is 0.419. The summed E-state index contributed by atoms with van der Waals surface area (Å²) in [6, 6.07) is 0. The lowest BCUT2D eigenvalue weighted by atomic mass is 10.5. The van der Waals surface area contributed by atoms with E-state index in [9.17, 15) is 0 Å². The van der Waals surface area contributed by atoms with Crippen molar-refractivity contribution in [3.8, 4) is 0 Å². The summed E-state index contributed by atoms with van der Waals surface area (Å²) >= 11 is 4.86. The minimum Gasteiger partial charge on any atom is -0.469 e. The molecule has 0 aliphatic carbocycles. The summed E-state index contributed by atoms with van der Waals surface area (Å²) in [7, 11) is 0. The van der Waals surface area contributed by atoms with Crippen LogP contribution in [0.3, 0.4) is 0 Å². The predicted octanol–water partition coefficient (Wildman–Crippen LogP) is 0.789. The summed E-state index contributed by atoms with van der Waals surface area (Å²) in [4.78, 5) is 1.97. The van der Waals surface area contributed by atoms with Crippen LogP contribution in [0.15, 0.2) is 12.7 Å². The molecule has 0 bridgehead atoms. The van der Waals surface area contributed by atoms with E-state index in [1.807, 2.05) is 11.0 Å². The molecule has 0 saturated carbocycles. The van der Waals surface area contributed by atoms with Gasteiger partial charge in [0.15, 0.2) is 0 Å². The number of ether oxygens (including phenoxy) is 1. The molecule has 1 aliphatic rings. The van der Waals surface area contributed by atoms with Gasteiger partial charge in [0.1, 0.15) is 6.61 Å². The number of hydrogen-bond acceptors (Lipinski definition) is 2. The maximum absolute atomic E-state index is 5.03. The zero-order chi connectivity index (χ0) is 6.69. The topological polar surface area (TPSA) is 12.5 Å². The molecule has 0 radical (unpaired) electrons. The van der Waals surface area contributed by atoms with Gasteiger partial charge in [-0.2, -0.15) is 0 Å². The molecule has 0 spiro atoms. The van der Waals surface area contributed by atoms with Gasteiger partial charge in [0.2, 0.25) is 0 Å². The van der Waals surface area contributed by atoms with Gasteiger partial charge in [-0.3, -0.25) is 0 Å². The van der Waals surface area contributed by atoms with Gasteiger partial charge in [-0.25, -0.2) is 0 Å². The third kappa shape index (κ3) is 1.42. The highest BCUT2D eigenvalue weighted by molar-refractivity contribution is 7.80. The van der Waals surface area contributed by atoms with Gasteiger partial charge in [0.05, 0.1) is 6.54 Å². The van der Waals surface area contributed by atoms with E-state index in [2.05, 4.69) is 6.58 Å². The molecule has 9 heavy (non-hydrogen) atoms. The van der Waals surface area contributed by atoms with Crippen molar-refractivity contribution in [3.05, 3.63) is 12.7 Å². The Bertz CT molecular complexity index is 135. The third-order valence-corrected chi connectivity index (χ3v) is 1.57. The Morgan fingerprint density at radius 3 is 3.11 bits per heavy atom. The van der Waals surface area contributed by atoms with Crippen molar-refractivity contribution in [3.63, 3.8) is 0 Å². The minimum atomic E-state index is 0.606. The molecule has 0 aromatic carbocycles. The second-order valence-corrected chi connectivity index (χ2v) is 2.20. The first-order valence-electron chi connectivity index (χ1n) is 2.87. The van der Waals surface area contributed by atoms with Crippen LogP contribution in [-0.2, 0) is 4.74 Å². The lowest BCUT2D eigenvalue weighted by Gasteiger charge is -2.10. The minimum absolute atomic E-state index is 0.606. The first kappa shape index (κ1) is 6.55. The molecule has 0 atom stereocenters. The smallest absolute Gasteiger partial charge is 0.259 e. The number of hydrogen-bond donors (Lipinski definition) is 0. The van der Waals surface area contributed by atoms with E-state index in [1.165, 1.54) is 0 Å². The number of nitrogens with zero attached hydrogens (tertiary/aromatic N) is 1. The van der Waals surface area contributed by atoms with Crippen LogP contribution in [0.2, 0.25) is 0 Å². The molecule has 1 aliphatic heterocycles. The predicted molar refractivity (Wildman–Crippen MR) is 40.3 cm³/mol. The largest absolute Gasteiger partial charge is 0.469 e. The standard InChI is InChI=1S/C6H9NOS/c1-2-3-7-4-5-8-6(7)9/h2H,1,3-5H2. The lowest BCUT2D eigenvalue weighted by Crippen LogP contribution is -2.23. The van der Waals surface area contributed by atoms with E-state index in [4.69, 9.17) is 17.0 Å². The van der Waals surface area contributed by atoms with Gasteiger partial charge in [0.25, 0.3) is 5.17 Å². The summed E-state index contributed by atoms with van der Waals surface area (Å²) < 4.78 is 5.03. The number of rotatable bonds is 2. The zero-order valence-electron chi connectivity index (χ0n) is 5.17. The molecular weight excluding hydrogens is 134 g/mol. The summed E-state index contributed by atoms with van der Waals surface area (Å²) in [6.07, 6.45) is 1.82. The second-order valence-electron chi connectivity index (χ2n) is 1.85.